The van der Waals surface area contributed by atoms with Crippen molar-refractivity contribution in [3.05, 3.63) is 0 Å². The van der Waals surface area contributed by atoms with Gasteiger partial charge in [0.05, 0.1) is 5.71 Å². The molecule has 1 rings (SSSR count). The summed E-state index contributed by atoms with van der Waals surface area (Å²) in [5.74, 6) is 0. The summed E-state index contributed by atoms with van der Waals surface area (Å²) >= 11 is 0. The normalized spacial score (nSPS) is 22.8. The van der Waals surface area contributed by atoms with Crippen LogP contribution in [-0.4, -0.2) is 24.4 Å². The molecule has 3 heteroatoms. The lowest BCUT2D eigenvalue weighted by Crippen LogP contribution is -2.30. The molecule has 0 atom stereocenters. The van der Waals surface area contributed by atoms with Crippen molar-refractivity contribution in [2.45, 2.75) is 39.2 Å². The van der Waals surface area contributed by atoms with Crippen molar-refractivity contribution in [2.75, 3.05) is 13.1 Å². The minimum atomic E-state index is -0.162. The predicted molar refractivity (Wildman–Crippen MR) is 50.4 cm³/mol. The number of hydrogen-bond acceptors (Lipinski definition) is 3. The molecule has 0 radical (unpaired) electrons. The zero-order valence-corrected chi connectivity index (χ0v) is 8.18. The van der Waals surface area contributed by atoms with E-state index in [1.165, 1.54) is 6.42 Å². The maximum absolute atomic E-state index is 5.32. The van der Waals surface area contributed by atoms with Gasteiger partial charge in [-0.1, -0.05) is 5.16 Å². The Bertz CT molecular complexity index is 162. The molecule has 0 spiro atoms. The molecule has 1 aliphatic heterocycles. The molecule has 1 saturated heterocycles. The molecule has 0 saturated carbocycles. The average Bonchev–Trinajstić information content (AvgIpc) is 2.02. The molecular weight excluding hydrogens is 152 g/mol. The van der Waals surface area contributed by atoms with Crippen LogP contribution in [-0.2, 0) is 4.84 Å². The zero-order valence-electron chi connectivity index (χ0n) is 8.18. The van der Waals surface area contributed by atoms with Gasteiger partial charge in [-0.3, -0.25) is 0 Å². The molecule has 0 aliphatic carbocycles. The van der Waals surface area contributed by atoms with E-state index in [0.29, 0.717) is 0 Å². The van der Waals surface area contributed by atoms with Gasteiger partial charge in [-0.05, 0) is 40.2 Å². The highest BCUT2D eigenvalue weighted by atomic mass is 16.6. The number of rotatable bonds is 1. The summed E-state index contributed by atoms with van der Waals surface area (Å²) in [7, 11) is 0. The number of hydrogen-bond donors (Lipinski definition) is 1. The first-order chi connectivity index (χ1) is 5.58. The van der Waals surface area contributed by atoms with Gasteiger partial charge in [-0.2, -0.15) is 0 Å². The molecule has 1 fully saturated rings. The van der Waals surface area contributed by atoms with Gasteiger partial charge in [0.1, 0.15) is 5.60 Å². The number of nitrogens with one attached hydrogen (secondary N) is 1. The van der Waals surface area contributed by atoms with E-state index >= 15 is 0 Å². The Kier molecular flexibility index (Phi) is 3.09. The number of piperidine rings is 1. The molecule has 0 bridgehead atoms. The fourth-order valence-electron chi connectivity index (χ4n) is 1.02. The van der Waals surface area contributed by atoms with E-state index in [-0.39, 0.29) is 5.60 Å². The van der Waals surface area contributed by atoms with Crippen LogP contribution in [0.2, 0.25) is 0 Å². The van der Waals surface area contributed by atoms with E-state index in [0.717, 1.165) is 25.2 Å². The van der Waals surface area contributed by atoms with E-state index in [2.05, 4.69) is 10.5 Å². The van der Waals surface area contributed by atoms with Crippen molar-refractivity contribution in [2.24, 2.45) is 5.16 Å². The largest absolute Gasteiger partial charge is 0.390 e. The molecule has 1 N–H and O–H groups in total. The standard InChI is InChI=1S/C9H18N2O/c1-9(2,3)12-11-8-5-4-6-10-7-8/h10H,4-7H2,1-3H3/b11-8+. The third-order valence-corrected chi connectivity index (χ3v) is 1.60. The SMILES string of the molecule is CC(C)(C)O/N=C1\CCCNC1. The Balaban J connectivity index is 2.35. The van der Waals surface area contributed by atoms with Crippen LogP contribution < -0.4 is 5.32 Å². The van der Waals surface area contributed by atoms with Crippen LogP contribution in [0, 0.1) is 0 Å². The van der Waals surface area contributed by atoms with Gasteiger partial charge >= 0.3 is 0 Å². The highest BCUT2D eigenvalue weighted by molar-refractivity contribution is 5.86. The third-order valence-electron chi connectivity index (χ3n) is 1.60. The Morgan fingerprint density at radius 3 is 2.67 bits per heavy atom. The van der Waals surface area contributed by atoms with E-state index < -0.39 is 0 Å². The monoisotopic (exact) mass is 170 g/mol. The van der Waals surface area contributed by atoms with Crippen LogP contribution in [0.4, 0.5) is 0 Å². The quantitative estimate of drug-likeness (QED) is 0.606. The van der Waals surface area contributed by atoms with Gasteiger partial charge in [0.2, 0.25) is 0 Å². The zero-order chi connectivity index (χ0) is 9.03. The molecule has 0 amide bonds. The van der Waals surface area contributed by atoms with Crippen molar-refractivity contribution in [3.8, 4) is 0 Å². The van der Waals surface area contributed by atoms with Gasteiger partial charge in [0.25, 0.3) is 0 Å². The first-order valence-corrected chi connectivity index (χ1v) is 4.52. The molecule has 3 nitrogen and oxygen atoms in total. The molecule has 70 valence electrons. The summed E-state index contributed by atoms with van der Waals surface area (Å²) in [6, 6.07) is 0. The van der Waals surface area contributed by atoms with Crippen molar-refractivity contribution < 1.29 is 4.84 Å². The number of nitrogens with zero attached hydrogens (tertiary/aromatic N) is 1. The first-order valence-electron chi connectivity index (χ1n) is 4.52. The molecular formula is C9H18N2O. The highest BCUT2D eigenvalue weighted by Crippen LogP contribution is 2.08. The molecule has 0 aromatic heterocycles. The van der Waals surface area contributed by atoms with Gasteiger partial charge in [-0.15, -0.1) is 0 Å². The molecule has 0 unspecified atom stereocenters. The minimum Gasteiger partial charge on any atom is -0.390 e. The van der Waals surface area contributed by atoms with E-state index in [1.807, 2.05) is 20.8 Å². The minimum absolute atomic E-state index is 0.162. The highest BCUT2D eigenvalue weighted by Gasteiger charge is 2.12. The lowest BCUT2D eigenvalue weighted by Gasteiger charge is -2.19. The van der Waals surface area contributed by atoms with E-state index in [4.69, 9.17) is 4.84 Å². The van der Waals surface area contributed by atoms with Crippen molar-refractivity contribution in [3.63, 3.8) is 0 Å². The van der Waals surface area contributed by atoms with E-state index in [9.17, 15) is 0 Å². The summed E-state index contributed by atoms with van der Waals surface area (Å²) in [4.78, 5) is 5.32. The fraction of sp³-hybridized carbons (Fsp3) is 0.889. The Morgan fingerprint density at radius 1 is 1.42 bits per heavy atom. The van der Waals surface area contributed by atoms with E-state index in [1.54, 1.807) is 0 Å². The predicted octanol–water partition coefficient (Wildman–Crippen LogP) is 1.54. The second-order valence-corrected chi connectivity index (χ2v) is 4.14. The van der Waals surface area contributed by atoms with Crippen LogP contribution in [0.1, 0.15) is 33.6 Å². The van der Waals surface area contributed by atoms with Crippen LogP contribution in [0.25, 0.3) is 0 Å². The van der Waals surface area contributed by atoms with Crippen molar-refractivity contribution in [1.29, 1.82) is 0 Å². The van der Waals surface area contributed by atoms with Gasteiger partial charge in [-0.25, -0.2) is 0 Å². The first kappa shape index (κ1) is 9.52. The van der Waals surface area contributed by atoms with Crippen LogP contribution >= 0.6 is 0 Å². The summed E-state index contributed by atoms with van der Waals surface area (Å²) in [6.45, 7) is 8.01. The fourth-order valence-corrected chi connectivity index (χ4v) is 1.02. The van der Waals surface area contributed by atoms with Gasteiger partial charge in [0.15, 0.2) is 0 Å². The van der Waals surface area contributed by atoms with Crippen molar-refractivity contribution in [1.82, 2.24) is 5.32 Å². The topological polar surface area (TPSA) is 33.6 Å². The Morgan fingerprint density at radius 2 is 2.17 bits per heavy atom. The third kappa shape index (κ3) is 3.72. The second kappa shape index (κ2) is 3.90. The summed E-state index contributed by atoms with van der Waals surface area (Å²) in [5.41, 5.74) is 0.973. The maximum atomic E-state index is 5.32. The lowest BCUT2D eigenvalue weighted by atomic mass is 10.1. The Labute approximate surface area is 74.2 Å². The molecule has 0 aromatic carbocycles. The molecule has 1 heterocycles. The maximum Gasteiger partial charge on any atom is 0.129 e. The average molecular weight is 170 g/mol. The Hall–Kier alpha value is -0.570. The molecule has 12 heavy (non-hydrogen) atoms. The molecule has 1 aliphatic rings. The van der Waals surface area contributed by atoms with Crippen LogP contribution in [0.5, 0.6) is 0 Å². The summed E-state index contributed by atoms with van der Waals surface area (Å²) < 4.78 is 0. The lowest BCUT2D eigenvalue weighted by molar-refractivity contribution is 0.000132. The molecule has 0 aromatic rings. The van der Waals surface area contributed by atoms with Crippen molar-refractivity contribution >= 4 is 5.71 Å². The second-order valence-electron chi connectivity index (χ2n) is 4.14. The smallest absolute Gasteiger partial charge is 0.129 e. The van der Waals surface area contributed by atoms with Gasteiger partial charge < -0.3 is 10.2 Å². The summed E-state index contributed by atoms with van der Waals surface area (Å²) in [6.07, 6.45) is 2.25. The number of oxime groups is 1. The van der Waals surface area contributed by atoms with Crippen LogP contribution in [0.15, 0.2) is 5.16 Å². The summed E-state index contributed by atoms with van der Waals surface area (Å²) in [5, 5.41) is 7.37. The van der Waals surface area contributed by atoms with Crippen LogP contribution in [0.3, 0.4) is 0 Å². The van der Waals surface area contributed by atoms with Gasteiger partial charge in [0, 0.05) is 6.54 Å².